The largest absolute Gasteiger partial charge is 0.497 e. The fraction of sp³-hybridized carbons (Fsp3) is 0.462. The van der Waals surface area contributed by atoms with Crippen LogP contribution in [0.15, 0.2) is 54.6 Å². The number of carbonyl (C=O) groups excluding carboxylic acids is 2. The van der Waals surface area contributed by atoms with Gasteiger partial charge in [0.15, 0.2) is 0 Å². The lowest BCUT2D eigenvalue weighted by Crippen LogP contribution is -2.43. The molecule has 0 saturated carbocycles. The maximum Gasteiger partial charge on any atom is 0.242 e. The predicted octanol–water partition coefficient (Wildman–Crippen LogP) is 2.53. The van der Waals surface area contributed by atoms with Gasteiger partial charge in [-0.15, -0.1) is 0 Å². The minimum Gasteiger partial charge on any atom is -0.497 e. The molecule has 2 amide bonds. The van der Waals surface area contributed by atoms with Crippen molar-refractivity contribution < 1.29 is 23.8 Å². The van der Waals surface area contributed by atoms with Gasteiger partial charge in [0.2, 0.25) is 11.8 Å². The quantitative estimate of drug-likeness (QED) is 0.616. The van der Waals surface area contributed by atoms with Crippen LogP contribution < -0.4 is 4.74 Å². The zero-order valence-electron chi connectivity index (χ0n) is 19.2. The molecule has 2 atom stereocenters. The van der Waals surface area contributed by atoms with Crippen LogP contribution in [-0.4, -0.2) is 74.2 Å². The Morgan fingerprint density at radius 1 is 1.09 bits per heavy atom. The summed E-state index contributed by atoms with van der Waals surface area (Å²) in [5.74, 6) is 0.550. The van der Waals surface area contributed by atoms with Crippen LogP contribution in [0.4, 0.5) is 0 Å². The van der Waals surface area contributed by atoms with Crippen molar-refractivity contribution in [3.63, 3.8) is 0 Å². The summed E-state index contributed by atoms with van der Waals surface area (Å²) in [6.45, 7) is 2.94. The number of carbonyl (C=O) groups is 2. The van der Waals surface area contributed by atoms with E-state index in [-0.39, 0.29) is 30.4 Å². The molecule has 2 aromatic carbocycles. The molecule has 0 aromatic heterocycles. The predicted molar refractivity (Wildman–Crippen MR) is 124 cm³/mol. The summed E-state index contributed by atoms with van der Waals surface area (Å²) in [5.41, 5.74) is 2.17. The highest BCUT2D eigenvalue weighted by Crippen LogP contribution is 2.20. The molecule has 0 aliphatic carbocycles. The van der Waals surface area contributed by atoms with E-state index in [2.05, 4.69) is 12.1 Å². The molecule has 0 radical (unpaired) electrons. The third-order valence-corrected chi connectivity index (χ3v) is 6.25. The van der Waals surface area contributed by atoms with Gasteiger partial charge >= 0.3 is 0 Å². The Labute approximate surface area is 195 Å². The zero-order chi connectivity index (χ0) is 23.0. The van der Waals surface area contributed by atoms with E-state index in [4.69, 9.17) is 14.2 Å². The smallest absolute Gasteiger partial charge is 0.242 e. The Balaban J connectivity index is 1.45. The maximum atomic E-state index is 13.1. The van der Waals surface area contributed by atoms with E-state index in [1.165, 1.54) is 5.56 Å². The second-order valence-electron chi connectivity index (χ2n) is 8.64. The molecule has 2 aliphatic heterocycles. The Hall–Kier alpha value is -2.90. The minimum atomic E-state index is -0.273. The molecule has 0 spiro atoms. The van der Waals surface area contributed by atoms with E-state index in [0.29, 0.717) is 45.9 Å². The number of rotatable bonds is 8. The van der Waals surface area contributed by atoms with Crippen molar-refractivity contribution in [2.45, 2.75) is 25.6 Å². The van der Waals surface area contributed by atoms with Gasteiger partial charge in [-0.1, -0.05) is 42.5 Å². The van der Waals surface area contributed by atoms with Gasteiger partial charge in [0, 0.05) is 26.2 Å². The third kappa shape index (κ3) is 6.33. The Kier molecular flexibility index (Phi) is 7.96. The van der Waals surface area contributed by atoms with E-state index < -0.39 is 0 Å². The van der Waals surface area contributed by atoms with Crippen molar-refractivity contribution >= 4 is 11.8 Å². The molecule has 0 N–H and O–H groups in total. The third-order valence-electron chi connectivity index (χ3n) is 6.25. The highest BCUT2D eigenvalue weighted by atomic mass is 16.5. The first-order valence-corrected chi connectivity index (χ1v) is 11.5. The van der Waals surface area contributed by atoms with E-state index in [0.717, 1.165) is 17.7 Å². The van der Waals surface area contributed by atoms with E-state index in [1.807, 2.05) is 47.4 Å². The van der Waals surface area contributed by atoms with Crippen LogP contribution in [0.25, 0.3) is 0 Å². The fourth-order valence-corrected chi connectivity index (χ4v) is 4.34. The number of amides is 2. The lowest BCUT2D eigenvalue weighted by molar-refractivity contribution is -0.141. The van der Waals surface area contributed by atoms with Gasteiger partial charge < -0.3 is 24.0 Å². The van der Waals surface area contributed by atoms with Gasteiger partial charge in [-0.3, -0.25) is 9.59 Å². The number of ether oxygens (including phenoxy) is 3. The zero-order valence-corrected chi connectivity index (χ0v) is 19.2. The Morgan fingerprint density at radius 2 is 1.91 bits per heavy atom. The highest BCUT2D eigenvalue weighted by Gasteiger charge is 2.35. The molecule has 4 rings (SSSR count). The van der Waals surface area contributed by atoms with E-state index in [1.54, 1.807) is 12.0 Å². The average molecular weight is 453 g/mol. The summed E-state index contributed by atoms with van der Waals surface area (Å²) in [6, 6.07) is 17.9. The Morgan fingerprint density at radius 3 is 2.67 bits per heavy atom. The van der Waals surface area contributed by atoms with Crippen LogP contribution >= 0.6 is 0 Å². The number of nitrogens with zero attached hydrogens (tertiary/aromatic N) is 2. The molecule has 0 unspecified atom stereocenters. The number of hydrogen-bond donors (Lipinski definition) is 0. The molecule has 2 aliphatic rings. The summed E-state index contributed by atoms with van der Waals surface area (Å²) in [4.78, 5) is 29.7. The molecule has 33 heavy (non-hydrogen) atoms. The first kappa shape index (κ1) is 23.3. The van der Waals surface area contributed by atoms with Gasteiger partial charge in [-0.2, -0.15) is 0 Å². The van der Waals surface area contributed by atoms with Crippen molar-refractivity contribution in [3.8, 4) is 5.75 Å². The number of hydrogen-bond acceptors (Lipinski definition) is 5. The summed E-state index contributed by atoms with van der Waals surface area (Å²) in [6.07, 6.45) is 1.19. The van der Waals surface area contributed by atoms with Crippen LogP contribution in [0.5, 0.6) is 5.75 Å². The lowest BCUT2D eigenvalue weighted by atomic mass is 10.1. The molecule has 2 aromatic rings. The first-order valence-electron chi connectivity index (χ1n) is 11.5. The highest BCUT2D eigenvalue weighted by molar-refractivity contribution is 5.86. The molecule has 176 valence electrons. The molecular weight excluding hydrogens is 420 g/mol. The lowest BCUT2D eigenvalue weighted by Gasteiger charge is -2.26. The van der Waals surface area contributed by atoms with Crippen LogP contribution in [-0.2, 0) is 32.1 Å². The van der Waals surface area contributed by atoms with Crippen molar-refractivity contribution in [2.24, 2.45) is 5.92 Å². The molecule has 7 heteroatoms. The fourth-order valence-electron chi connectivity index (χ4n) is 4.34. The van der Waals surface area contributed by atoms with Gasteiger partial charge in [0.1, 0.15) is 5.75 Å². The molecule has 0 bridgehead atoms. The summed E-state index contributed by atoms with van der Waals surface area (Å²) in [5, 5.41) is 0. The second kappa shape index (κ2) is 11.3. The van der Waals surface area contributed by atoms with E-state index >= 15 is 0 Å². The van der Waals surface area contributed by atoms with Crippen LogP contribution in [0.2, 0.25) is 0 Å². The van der Waals surface area contributed by atoms with Crippen LogP contribution in [0.1, 0.15) is 17.5 Å². The molecule has 2 saturated heterocycles. The van der Waals surface area contributed by atoms with Crippen LogP contribution in [0.3, 0.4) is 0 Å². The average Bonchev–Trinajstić information content (AvgIpc) is 3.34. The van der Waals surface area contributed by atoms with Crippen molar-refractivity contribution in [3.05, 3.63) is 65.7 Å². The number of benzene rings is 2. The normalized spacial score (nSPS) is 21.2. The van der Waals surface area contributed by atoms with Gasteiger partial charge in [-0.05, 0) is 36.1 Å². The SMILES string of the molecule is COc1cccc(CO[C@@H]2CN(CCc3ccccc3)C(=O)CN(C(=O)[C@@H]3CCOC3)C2)c1. The molecule has 7 nitrogen and oxygen atoms in total. The van der Waals surface area contributed by atoms with Crippen LogP contribution in [0, 0.1) is 5.92 Å². The van der Waals surface area contributed by atoms with Crippen molar-refractivity contribution in [1.29, 1.82) is 0 Å². The number of methoxy groups -OCH3 is 1. The molecule has 2 heterocycles. The van der Waals surface area contributed by atoms with Gasteiger partial charge in [-0.25, -0.2) is 0 Å². The van der Waals surface area contributed by atoms with Gasteiger partial charge in [0.25, 0.3) is 0 Å². The maximum absolute atomic E-state index is 13.1. The van der Waals surface area contributed by atoms with E-state index in [9.17, 15) is 9.59 Å². The first-order chi connectivity index (χ1) is 16.1. The van der Waals surface area contributed by atoms with Crippen molar-refractivity contribution in [1.82, 2.24) is 9.80 Å². The molecule has 2 fully saturated rings. The minimum absolute atomic E-state index is 0.0132. The summed E-state index contributed by atoms with van der Waals surface area (Å²) in [7, 11) is 1.64. The monoisotopic (exact) mass is 452 g/mol. The van der Waals surface area contributed by atoms with Crippen molar-refractivity contribution in [2.75, 3.05) is 46.5 Å². The Bertz CT molecular complexity index is 929. The summed E-state index contributed by atoms with van der Waals surface area (Å²) < 4.78 is 17.0. The topological polar surface area (TPSA) is 68.3 Å². The summed E-state index contributed by atoms with van der Waals surface area (Å²) >= 11 is 0. The second-order valence-corrected chi connectivity index (χ2v) is 8.64. The van der Waals surface area contributed by atoms with Gasteiger partial charge in [0.05, 0.1) is 38.9 Å². The molecular formula is C26H32N2O5. The standard InChI is InChI=1S/C26H32N2O5/c1-31-23-9-5-8-21(14-23)18-33-24-15-27(12-10-20-6-3-2-4-7-20)25(29)17-28(16-24)26(30)22-11-13-32-19-22/h2-9,14,22,24H,10-13,15-19H2,1H3/t22-,24-/m1/s1.